The van der Waals surface area contributed by atoms with E-state index in [1.807, 2.05) is 0 Å². The third-order valence-electron chi connectivity index (χ3n) is 4.20. The van der Waals surface area contributed by atoms with Gasteiger partial charge in [-0.1, -0.05) is 0 Å². The fourth-order valence-electron chi connectivity index (χ4n) is 2.86. The molecule has 0 unspecified atom stereocenters. The predicted octanol–water partition coefficient (Wildman–Crippen LogP) is 1.54. The van der Waals surface area contributed by atoms with E-state index < -0.39 is 0 Å². The Bertz CT molecular complexity index is 937. The number of rotatable bonds is 5. The van der Waals surface area contributed by atoms with Crippen molar-refractivity contribution in [3.63, 3.8) is 0 Å². The molecule has 1 aliphatic heterocycles. The highest BCUT2D eigenvalue weighted by molar-refractivity contribution is 7.15. The summed E-state index contributed by atoms with van der Waals surface area (Å²) in [6, 6.07) is 4.18. The van der Waals surface area contributed by atoms with Gasteiger partial charge >= 0.3 is 0 Å². The summed E-state index contributed by atoms with van der Waals surface area (Å²) in [4.78, 5) is 28.7. The van der Waals surface area contributed by atoms with Crippen molar-refractivity contribution in [1.29, 1.82) is 0 Å². The largest absolute Gasteiger partial charge is 0.378 e. The summed E-state index contributed by atoms with van der Waals surface area (Å²) in [5, 5.41) is 0. The van der Waals surface area contributed by atoms with Crippen LogP contribution in [0.5, 0.6) is 0 Å². The van der Waals surface area contributed by atoms with Gasteiger partial charge in [-0.2, -0.15) is 9.97 Å². The molecule has 0 radical (unpaired) electrons. The van der Waals surface area contributed by atoms with Gasteiger partial charge in [-0.25, -0.2) is 15.0 Å². The van der Waals surface area contributed by atoms with Gasteiger partial charge in [0.15, 0.2) is 11.6 Å². The van der Waals surface area contributed by atoms with E-state index in [0.29, 0.717) is 36.4 Å². The van der Waals surface area contributed by atoms with Crippen LogP contribution in [0.15, 0.2) is 24.5 Å². The molecule has 146 valence electrons. The fourth-order valence-corrected chi connectivity index (χ4v) is 3.92. The molecule has 0 saturated carbocycles. The van der Waals surface area contributed by atoms with Gasteiger partial charge in [-0.3, -0.25) is 0 Å². The first-order valence-electron chi connectivity index (χ1n) is 8.99. The number of thiophene rings is 1. The third-order valence-corrected chi connectivity index (χ3v) is 5.27. The van der Waals surface area contributed by atoms with Gasteiger partial charge in [-0.15, -0.1) is 11.3 Å². The summed E-state index contributed by atoms with van der Waals surface area (Å²) in [6.07, 6.45) is 3.27. The Balaban J connectivity index is 1.75. The van der Waals surface area contributed by atoms with Crippen molar-refractivity contribution in [2.75, 3.05) is 51.0 Å². The van der Waals surface area contributed by atoms with Crippen molar-refractivity contribution in [2.24, 2.45) is 0 Å². The van der Waals surface area contributed by atoms with E-state index in [2.05, 4.69) is 56.0 Å². The first kappa shape index (κ1) is 18.7. The molecule has 0 aromatic carbocycles. The molecule has 0 aliphatic carbocycles. The molecule has 0 bridgehead atoms. The average molecular weight is 398 g/mol. The van der Waals surface area contributed by atoms with Crippen LogP contribution >= 0.6 is 11.3 Å². The highest BCUT2D eigenvalue weighted by Crippen LogP contribution is 2.29. The lowest BCUT2D eigenvalue weighted by Gasteiger charge is -2.27. The number of nitrogens with zero attached hydrogens (tertiary/aromatic N) is 7. The molecule has 28 heavy (non-hydrogen) atoms. The molecule has 1 saturated heterocycles. The normalized spacial score (nSPS) is 14.6. The number of hydrogen-bond acceptors (Lipinski definition) is 10. The highest BCUT2D eigenvalue weighted by atomic mass is 32.1. The van der Waals surface area contributed by atoms with E-state index in [4.69, 9.17) is 15.5 Å². The first-order valence-corrected chi connectivity index (χ1v) is 9.80. The molecule has 0 atom stereocenters. The summed E-state index contributed by atoms with van der Waals surface area (Å²) in [6.45, 7) is 3.69. The summed E-state index contributed by atoms with van der Waals surface area (Å²) in [5.74, 6) is 2.05. The fraction of sp³-hybridized carbons (Fsp3) is 0.389. The number of nitrogen functional groups attached to an aromatic ring is 1. The van der Waals surface area contributed by atoms with Gasteiger partial charge in [0.2, 0.25) is 11.9 Å². The molecule has 2 N–H and O–H groups in total. The summed E-state index contributed by atoms with van der Waals surface area (Å²) >= 11 is 1.69. The number of ether oxygens (including phenoxy) is 1. The molecule has 4 heterocycles. The molecule has 0 amide bonds. The Hall–Kier alpha value is -2.69. The van der Waals surface area contributed by atoms with E-state index in [9.17, 15) is 0 Å². The van der Waals surface area contributed by atoms with Gasteiger partial charge in [0, 0.05) is 36.9 Å². The maximum absolute atomic E-state index is 5.62. The van der Waals surface area contributed by atoms with Gasteiger partial charge in [-0.05, 0) is 26.2 Å². The quantitative estimate of drug-likeness (QED) is 0.685. The minimum Gasteiger partial charge on any atom is -0.378 e. The lowest BCUT2D eigenvalue weighted by Crippen LogP contribution is -2.37. The van der Waals surface area contributed by atoms with Crippen LogP contribution in [0.1, 0.15) is 4.88 Å². The number of aromatic nitrogens is 5. The first-order chi connectivity index (χ1) is 13.6. The Morgan fingerprint density at radius 2 is 1.79 bits per heavy atom. The van der Waals surface area contributed by atoms with Crippen molar-refractivity contribution in [2.45, 2.75) is 6.54 Å². The van der Waals surface area contributed by atoms with Gasteiger partial charge in [0.1, 0.15) is 0 Å². The number of hydrogen-bond donors (Lipinski definition) is 1. The molecule has 3 aromatic rings. The summed E-state index contributed by atoms with van der Waals surface area (Å²) in [5.41, 5.74) is 6.32. The van der Waals surface area contributed by atoms with Crippen LogP contribution < -0.4 is 10.6 Å². The van der Waals surface area contributed by atoms with Crippen LogP contribution in [0, 0.1) is 0 Å². The lowest BCUT2D eigenvalue weighted by molar-refractivity contribution is 0.122. The molecule has 4 rings (SSSR count). The maximum atomic E-state index is 5.62. The second kappa shape index (κ2) is 8.13. The van der Waals surface area contributed by atoms with Crippen LogP contribution in [-0.4, -0.2) is 70.2 Å². The van der Waals surface area contributed by atoms with Crippen LogP contribution in [0.25, 0.3) is 22.1 Å². The zero-order valence-corrected chi connectivity index (χ0v) is 16.7. The number of anilines is 2. The zero-order chi connectivity index (χ0) is 19.5. The SMILES string of the molecule is CN(C)Cc1ccc(-c2nc(-c3cnc(N)nc3)nc(N3CCOCC3)n2)s1. The van der Waals surface area contributed by atoms with E-state index >= 15 is 0 Å². The second-order valence-electron chi connectivity index (χ2n) is 6.72. The molecular formula is C18H22N8OS. The molecule has 1 fully saturated rings. The van der Waals surface area contributed by atoms with Crippen molar-refractivity contribution in [1.82, 2.24) is 29.8 Å². The molecule has 1 aliphatic rings. The van der Waals surface area contributed by atoms with Crippen LogP contribution in [0.4, 0.5) is 11.9 Å². The van der Waals surface area contributed by atoms with Gasteiger partial charge < -0.3 is 20.3 Å². The highest BCUT2D eigenvalue weighted by Gasteiger charge is 2.19. The second-order valence-corrected chi connectivity index (χ2v) is 7.88. The molecule has 10 heteroatoms. The van der Waals surface area contributed by atoms with E-state index in [-0.39, 0.29) is 5.95 Å². The van der Waals surface area contributed by atoms with E-state index in [1.54, 1.807) is 23.7 Å². The molecular weight excluding hydrogens is 376 g/mol. The predicted molar refractivity (Wildman–Crippen MR) is 109 cm³/mol. The molecule has 3 aromatic heterocycles. The minimum absolute atomic E-state index is 0.220. The van der Waals surface area contributed by atoms with Crippen molar-refractivity contribution < 1.29 is 4.74 Å². The van der Waals surface area contributed by atoms with E-state index in [0.717, 1.165) is 24.5 Å². The summed E-state index contributed by atoms with van der Waals surface area (Å²) in [7, 11) is 4.11. The van der Waals surface area contributed by atoms with Crippen LogP contribution in [0.2, 0.25) is 0 Å². The topological polar surface area (TPSA) is 106 Å². The standard InChI is InChI=1S/C18H22N8OS/c1-25(2)11-13-3-4-14(28-13)16-22-15(12-9-20-17(19)21-10-12)23-18(24-16)26-5-7-27-8-6-26/h3-4,9-10H,5-8,11H2,1-2H3,(H2,19,20,21). The Kier molecular flexibility index (Phi) is 5.42. The Morgan fingerprint density at radius 3 is 2.50 bits per heavy atom. The van der Waals surface area contributed by atoms with Crippen molar-refractivity contribution in [3.8, 4) is 22.1 Å². The monoisotopic (exact) mass is 398 g/mol. The smallest absolute Gasteiger partial charge is 0.229 e. The van der Waals surface area contributed by atoms with Crippen LogP contribution in [0.3, 0.4) is 0 Å². The van der Waals surface area contributed by atoms with Gasteiger partial charge in [0.25, 0.3) is 0 Å². The zero-order valence-electron chi connectivity index (χ0n) is 15.9. The van der Waals surface area contributed by atoms with Crippen LogP contribution in [-0.2, 0) is 11.3 Å². The van der Waals surface area contributed by atoms with Gasteiger partial charge in [0.05, 0.1) is 23.7 Å². The van der Waals surface area contributed by atoms with Crippen molar-refractivity contribution >= 4 is 23.2 Å². The average Bonchev–Trinajstić information content (AvgIpc) is 3.17. The Morgan fingerprint density at radius 1 is 1.07 bits per heavy atom. The molecule has 9 nitrogen and oxygen atoms in total. The Labute approximate surface area is 167 Å². The minimum atomic E-state index is 0.220. The van der Waals surface area contributed by atoms with E-state index in [1.165, 1.54) is 4.88 Å². The van der Waals surface area contributed by atoms with Crippen molar-refractivity contribution in [3.05, 3.63) is 29.4 Å². The molecule has 0 spiro atoms. The summed E-state index contributed by atoms with van der Waals surface area (Å²) < 4.78 is 5.46. The number of nitrogens with two attached hydrogens (primary N) is 1. The third kappa shape index (κ3) is 4.24. The number of morpholine rings is 1. The lowest BCUT2D eigenvalue weighted by atomic mass is 10.3. The maximum Gasteiger partial charge on any atom is 0.229 e.